The summed E-state index contributed by atoms with van der Waals surface area (Å²) in [5.74, 6) is 1.28. The van der Waals surface area contributed by atoms with E-state index in [1.807, 2.05) is 0 Å². The van der Waals surface area contributed by atoms with Gasteiger partial charge in [-0.2, -0.15) is 0 Å². The standard InChI is InChI=1S/C20H27N3O2/c1-19(2)14-20(11-13-24-19,16-6-4-3-5-7-16)10-12-21-18-23-22-17(25-18)15-8-9-15/h3-7,15H,8-14H2,1-2H3,(H,21,23). The van der Waals surface area contributed by atoms with E-state index in [-0.39, 0.29) is 11.0 Å². The predicted octanol–water partition coefficient (Wildman–Crippen LogP) is 4.28. The molecule has 5 heteroatoms. The Kier molecular flexibility index (Phi) is 4.28. The fourth-order valence-corrected chi connectivity index (χ4v) is 4.08. The summed E-state index contributed by atoms with van der Waals surface area (Å²) in [6.45, 7) is 6.00. The highest BCUT2D eigenvalue weighted by Gasteiger charge is 2.41. The van der Waals surface area contributed by atoms with E-state index in [4.69, 9.17) is 9.15 Å². The number of rotatable bonds is 6. The maximum atomic E-state index is 5.98. The first-order valence-corrected chi connectivity index (χ1v) is 9.33. The Balaban J connectivity index is 1.46. The molecular formula is C20H27N3O2. The molecule has 0 spiro atoms. The van der Waals surface area contributed by atoms with E-state index >= 15 is 0 Å². The van der Waals surface area contributed by atoms with Crippen LogP contribution in [0.4, 0.5) is 6.01 Å². The van der Waals surface area contributed by atoms with Gasteiger partial charge in [-0.3, -0.25) is 0 Å². The van der Waals surface area contributed by atoms with E-state index in [1.54, 1.807) is 0 Å². The SMILES string of the molecule is CC1(C)CC(CCNc2nnc(C3CC3)o2)(c2ccccc2)CCO1. The molecule has 1 aromatic carbocycles. The Hall–Kier alpha value is -1.88. The molecule has 0 amide bonds. The number of benzene rings is 1. The summed E-state index contributed by atoms with van der Waals surface area (Å²) in [5, 5.41) is 11.6. The van der Waals surface area contributed by atoms with E-state index in [9.17, 15) is 0 Å². The zero-order valence-corrected chi connectivity index (χ0v) is 15.1. The van der Waals surface area contributed by atoms with E-state index in [0.29, 0.717) is 11.9 Å². The molecule has 134 valence electrons. The molecule has 2 aromatic rings. The van der Waals surface area contributed by atoms with Crippen molar-refractivity contribution < 1.29 is 9.15 Å². The highest BCUT2D eigenvalue weighted by molar-refractivity contribution is 5.28. The van der Waals surface area contributed by atoms with Gasteiger partial charge in [0.1, 0.15) is 0 Å². The van der Waals surface area contributed by atoms with Gasteiger partial charge in [0.15, 0.2) is 0 Å². The lowest BCUT2D eigenvalue weighted by molar-refractivity contribution is -0.0835. The van der Waals surface area contributed by atoms with Crippen molar-refractivity contribution in [1.29, 1.82) is 0 Å². The fourth-order valence-electron chi connectivity index (χ4n) is 4.08. The van der Waals surface area contributed by atoms with Crippen molar-refractivity contribution in [3.63, 3.8) is 0 Å². The van der Waals surface area contributed by atoms with Gasteiger partial charge < -0.3 is 14.5 Å². The highest BCUT2D eigenvalue weighted by atomic mass is 16.5. The highest BCUT2D eigenvalue weighted by Crippen LogP contribution is 2.44. The number of ether oxygens (including phenoxy) is 1. The lowest BCUT2D eigenvalue weighted by atomic mass is 9.67. The van der Waals surface area contributed by atoms with Crippen LogP contribution >= 0.6 is 0 Å². The predicted molar refractivity (Wildman–Crippen MR) is 96.8 cm³/mol. The molecule has 1 unspecified atom stereocenters. The first kappa shape index (κ1) is 16.6. The third-order valence-corrected chi connectivity index (χ3v) is 5.47. The summed E-state index contributed by atoms with van der Waals surface area (Å²) in [6.07, 6.45) is 5.43. The van der Waals surface area contributed by atoms with Crippen LogP contribution < -0.4 is 5.32 Å². The zero-order chi connectivity index (χ0) is 17.3. The monoisotopic (exact) mass is 341 g/mol. The van der Waals surface area contributed by atoms with Crippen molar-refractivity contribution in [3.05, 3.63) is 41.8 Å². The molecule has 1 aliphatic heterocycles. The summed E-state index contributed by atoms with van der Waals surface area (Å²) in [7, 11) is 0. The van der Waals surface area contributed by atoms with Crippen LogP contribution in [-0.4, -0.2) is 29.0 Å². The molecule has 25 heavy (non-hydrogen) atoms. The Morgan fingerprint density at radius 3 is 2.68 bits per heavy atom. The largest absolute Gasteiger partial charge is 0.408 e. The molecule has 1 saturated carbocycles. The van der Waals surface area contributed by atoms with Gasteiger partial charge in [0.25, 0.3) is 0 Å². The van der Waals surface area contributed by atoms with Crippen LogP contribution in [0.1, 0.15) is 63.3 Å². The van der Waals surface area contributed by atoms with Gasteiger partial charge >= 0.3 is 6.01 Å². The zero-order valence-electron chi connectivity index (χ0n) is 15.1. The van der Waals surface area contributed by atoms with Crippen LogP contribution in [0.15, 0.2) is 34.7 Å². The van der Waals surface area contributed by atoms with Crippen LogP contribution in [0.5, 0.6) is 0 Å². The second-order valence-electron chi connectivity index (χ2n) is 8.08. The van der Waals surface area contributed by atoms with E-state index in [2.05, 4.69) is 59.7 Å². The normalized spacial score (nSPS) is 25.7. The van der Waals surface area contributed by atoms with Gasteiger partial charge in [0.05, 0.1) is 5.60 Å². The van der Waals surface area contributed by atoms with Gasteiger partial charge in [0.2, 0.25) is 5.89 Å². The lowest BCUT2D eigenvalue weighted by Gasteiger charge is -2.45. The molecule has 1 atom stereocenters. The van der Waals surface area contributed by atoms with Crippen molar-refractivity contribution in [2.45, 2.75) is 62.9 Å². The minimum atomic E-state index is -0.0995. The van der Waals surface area contributed by atoms with Crippen LogP contribution in [0.3, 0.4) is 0 Å². The minimum absolute atomic E-state index is 0.0995. The molecule has 4 rings (SSSR count). The molecular weight excluding hydrogens is 314 g/mol. The topological polar surface area (TPSA) is 60.2 Å². The van der Waals surface area contributed by atoms with Crippen molar-refractivity contribution in [2.75, 3.05) is 18.5 Å². The van der Waals surface area contributed by atoms with Gasteiger partial charge in [-0.1, -0.05) is 35.4 Å². The van der Waals surface area contributed by atoms with Crippen molar-refractivity contribution in [2.24, 2.45) is 0 Å². The lowest BCUT2D eigenvalue weighted by Crippen LogP contribution is -2.44. The number of hydrogen-bond donors (Lipinski definition) is 1. The van der Waals surface area contributed by atoms with Gasteiger partial charge in [0, 0.05) is 24.5 Å². The van der Waals surface area contributed by atoms with E-state index in [0.717, 1.165) is 38.3 Å². The number of nitrogens with zero attached hydrogens (tertiary/aromatic N) is 2. The molecule has 0 bridgehead atoms. The Bertz CT molecular complexity index is 709. The van der Waals surface area contributed by atoms with Crippen LogP contribution in [0.2, 0.25) is 0 Å². The molecule has 2 aliphatic rings. The summed E-state index contributed by atoms with van der Waals surface area (Å²) in [6, 6.07) is 11.4. The second-order valence-corrected chi connectivity index (χ2v) is 8.08. The first-order chi connectivity index (χ1) is 12.1. The molecule has 2 fully saturated rings. The maximum absolute atomic E-state index is 5.98. The first-order valence-electron chi connectivity index (χ1n) is 9.33. The number of aromatic nitrogens is 2. The van der Waals surface area contributed by atoms with E-state index < -0.39 is 0 Å². The van der Waals surface area contributed by atoms with Crippen molar-refractivity contribution in [1.82, 2.24) is 10.2 Å². The molecule has 5 nitrogen and oxygen atoms in total. The van der Waals surface area contributed by atoms with E-state index in [1.165, 1.54) is 18.4 Å². The summed E-state index contributed by atoms with van der Waals surface area (Å²) < 4.78 is 11.7. The summed E-state index contributed by atoms with van der Waals surface area (Å²) in [4.78, 5) is 0. The maximum Gasteiger partial charge on any atom is 0.315 e. The third kappa shape index (κ3) is 3.71. The summed E-state index contributed by atoms with van der Waals surface area (Å²) >= 11 is 0. The average molecular weight is 341 g/mol. The van der Waals surface area contributed by atoms with Crippen molar-refractivity contribution >= 4 is 6.01 Å². The van der Waals surface area contributed by atoms with Gasteiger partial charge in [-0.15, -0.1) is 5.10 Å². The van der Waals surface area contributed by atoms with Crippen LogP contribution in [0, 0.1) is 0 Å². The number of hydrogen-bond acceptors (Lipinski definition) is 5. The number of nitrogens with one attached hydrogen (secondary N) is 1. The molecule has 0 radical (unpaired) electrons. The molecule has 1 N–H and O–H groups in total. The average Bonchev–Trinajstić information content (AvgIpc) is 3.34. The Morgan fingerprint density at radius 2 is 1.96 bits per heavy atom. The number of anilines is 1. The quantitative estimate of drug-likeness (QED) is 0.850. The van der Waals surface area contributed by atoms with Crippen LogP contribution in [-0.2, 0) is 10.2 Å². The Morgan fingerprint density at radius 1 is 1.16 bits per heavy atom. The minimum Gasteiger partial charge on any atom is -0.408 e. The fraction of sp³-hybridized carbons (Fsp3) is 0.600. The van der Waals surface area contributed by atoms with Crippen LogP contribution in [0.25, 0.3) is 0 Å². The summed E-state index contributed by atoms with van der Waals surface area (Å²) in [5.41, 5.74) is 1.42. The third-order valence-electron chi connectivity index (χ3n) is 5.47. The second kappa shape index (κ2) is 6.45. The van der Waals surface area contributed by atoms with Crippen molar-refractivity contribution in [3.8, 4) is 0 Å². The Labute approximate surface area is 149 Å². The smallest absolute Gasteiger partial charge is 0.315 e. The molecule has 2 heterocycles. The van der Waals surface area contributed by atoms with Gasteiger partial charge in [-0.25, -0.2) is 0 Å². The van der Waals surface area contributed by atoms with Gasteiger partial charge in [-0.05, 0) is 51.5 Å². The molecule has 1 aromatic heterocycles. The molecule has 1 aliphatic carbocycles. The molecule has 1 saturated heterocycles.